The van der Waals surface area contributed by atoms with E-state index in [1.807, 2.05) is 0 Å². The van der Waals surface area contributed by atoms with Crippen molar-refractivity contribution in [3.8, 4) is 0 Å². The quantitative estimate of drug-likeness (QED) is 0.618. The second-order valence-electron chi connectivity index (χ2n) is 4.42. The predicted molar refractivity (Wildman–Crippen MR) is 49.6 cm³/mol. The first-order chi connectivity index (χ1) is 5.11. The Balaban J connectivity index is 2.20. The highest BCUT2D eigenvalue weighted by Gasteiger charge is 2.25. The predicted octanol–water partition coefficient (Wildman–Crippen LogP) is 2.28. The Bertz CT molecular complexity index is 116. The molecule has 0 saturated carbocycles. The van der Waals surface area contributed by atoms with Crippen LogP contribution in [0.1, 0.15) is 34.1 Å². The van der Waals surface area contributed by atoms with Crippen LogP contribution in [0.2, 0.25) is 0 Å². The van der Waals surface area contributed by atoms with Gasteiger partial charge in [0.05, 0.1) is 0 Å². The second kappa shape index (κ2) is 3.57. The molecule has 1 nitrogen and oxygen atoms in total. The van der Waals surface area contributed by atoms with E-state index in [4.69, 9.17) is 0 Å². The van der Waals surface area contributed by atoms with Crippen molar-refractivity contribution in [3.05, 3.63) is 0 Å². The minimum absolute atomic E-state index is 0.837. The fourth-order valence-electron chi connectivity index (χ4n) is 1.57. The van der Waals surface area contributed by atoms with E-state index < -0.39 is 0 Å². The lowest BCUT2D eigenvalue weighted by molar-refractivity contribution is 0.281. The maximum atomic E-state index is 3.36. The van der Waals surface area contributed by atoms with Crippen molar-refractivity contribution >= 4 is 0 Å². The summed E-state index contributed by atoms with van der Waals surface area (Å²) >= 11 is 0. The van der Waals surface area contributed by atoms with Crippen LogP contribution in [0, 0.1) is 17.8 Å². The Morgan fingerprint density at radius 2 is 1.82 bits per heavy atom. The van der Waals surface area contributed by atoms with Crippen LogP contribution in [0.5, 0.6) is 0 Å². The van der Waals surface area contributed by atoms with Crippen molar-refractivity contribution < 1.29 is 0 Å². The molecule has 1 fully saturated rings. The third-order valence-corrected chi connectivity index (χ3v) is 3.10. The average molecular weight is 155 g/mol. The largest absolute Gasteiger partial charge is 0.311 e. The zero-order valence-electron chi connectivity index (χ0n) is 8.22. The molecule has 1 N–H and O–H groups in total. The molecule has 0 radical (unpaired) electrons. The van der Waals surface area contributed by atoms with E-state index in [0.29, 0.717) is 0 Å². The molecule has 3 atom stereocenters. The van der Waals surface area contributed by atoms with Gasteiger partial charge in [-0.2, -0.15) is 0 Å². The van der Waals surface area contributed by atoms with E-state index in [1.54, 1.807) is 0 Å². The molecule has 11 heavy (non-hydrogen) atoms. The van der Waals surface area contributed by atoms with Crippen LogP contribution in [-0.2, 0) is 0 Å². The van der Waals surface area contributed by atoms with Gasteiger partial charge in [-0.25, -0.2) is 0 Å². The molecule has 0 aromatic heterocycles. The first-order valence-electron chi connectivity index (χ1n) is 4.84. The maximum absolute atomic E-state index is 3.36. The number of hydrogen-bond donors (Lipinski definition) is 1. The van der Waals surface area contributed by atoms with Gasteiger partial charge in [-0.15, -0.1) is 0 Å². The third kappa shape index (κ3) is 2.82. The van der Waals surface area contributed by atoms with E-state index in [0.717, 1.165) is 23.8 Å². The lowest BCUT2D eigenvalue weighted by atomic mass is 9.83. The summed E-state index contributed by atoms with van der Waals surface area (Å²) in [6, 6.07) is 0.853. The van der Waals surface area contributed by atoms with Crippen molar-refractivity contribution in [3.63, 3.8) is 0 Å². The molecule has 1 rings (SSSR count). The fourth-order valence-corrected chi connectivity index (χ4v) is 1.57. The van der Waals surface area contributed by atoms with Crippen LogP contribution in [0.3, 0.4) is 0 Å². The third-order valence-electron chi connectivity index (χ3n) is 3.10. The summed E-state index contributed by atoms with van der Waals surface area (Å²) in [5, 5.41) is 3.36. The molecule has 3 unspecified atom stereocenters. The molecular formula is C10H21N. The molecule has 66 valence electrons. The Hall–Kier alpha value is -0.0400. The van der Waals surface area contributed by atoms with Gasteiger partial charge in [0.25, 0.3) is 0 Å². The Labute approximate surface area is 70.6 Å². The number of nitrogens with one attached hydrogen (secondary N) is 1. The molecule has 0 aliphatic carbocycles. The molecule has 0 aromatic carbocycles. The van der Waals surface area contributed by atoms with E-state index in [2.05, 4.69) is 33.0 Å². The summed E-state index contributed by atoms with van der Waals surface area (Å²) in [5.41, 5.74) is 0. The van der Waals surface area contributed by atoms with Crippen LogP contribution in [0.25, 0.3) is 0 Å². The summed E-state index contributed by atoms with van der Waals surface area (Å²) in [6.45, 7) is 10.7. The summed E-state index contributed by atoms with van der Waals surface area (Å²) in [6.07, 6.45) is 1.37. The molecule has 1 heterocycles. The summed E-state index contributed by atoms with van der Waals surface area (Å²) in [7, 11) is 0. The van der Waals surface area contributed by atoms with Gasteiger partial charge in [-0.3, -0.25) is 0 Å². The topological polar surface area (TPSA) is 21.9 Å². The van der Waals surface area contributed by atoms with Gasteiger partial charge in [0.2, 0.25) is 0 Å². The molecule has 0 aromatic rings. The first-order valence-corrected chi connectivity index (χ1v) is 4.84. The smallest absolute Gasteiger partial charge is 0.0195 e. The minimum Gasteiger partial charge on any atom is -0.311 e. The standard InChI is InChI=1S/C10H21N/c1-7(2)9(4)8(3)5-10-6-11-10/h7-11H,5-6H2,1-4H3. The van der Waals surface area contributed by atoms with Crippen LogP contribution >= 0.6 is 0 Å². The average Bonchev–Trinajstić information content (AvgIpc) is 2.69. The maximum Gasteiger partial charge on any atom is 0.0195 e. The highest BCUT2D eigenvalue weighted by molar-refractivity contribution is 4.85. The Morgan fingerprint density at radius 1 is 1.27 bits per heavy atom. The molecule has 1 heteroatoms. The van der Waals surface area contributed by atoms with Crippen molar-refractivity contribution in [2.45, 2.75) is 40.2 Å². The van der Waals surface area contributed by atoms with E-state index in [-0.39, 0.29) is 0 Å². The van der Waals surface area contributed by atoms with Gasteiger partial charge < -0.3 is 5.32 Å². The van der Waals surface area contributed by atoms with E-state index in [9.17, 15) is 0 Å². The zero-order valence-corrected chi connectivity index (χ0v) is 8.22. The highest BCUT2D eigenvalue weighted by atomic mass is 15.1. The number of hydrogen-bond acceptors (Lipinski definition) is 1. The lowest BCUT2D eigenvalue weighted by Crippen LogP contribution is -2.16. The molecule has 0 amide bonds. The van der Waals surface area contributed by atoms with Crippen molar-refractivity contribution in [1.29, 1.82) is 0 Å². The van der Waals surface area contributed by atoms with Gasteiger partial charge in [0.1, 0.15) is 0 Å². The van der Waals surface area contributed by atoms with Crippen LogP contribution in [-0.4, -0.2) is 12.6 Å². The Morgan fingerprint density at radius 3 is 2.18 bits per heavy atom. The minimum atomic E-state index is 0.837. The van der Waals surface area contributed by atoms with Gasteiger partial charge in [-0.1, -0.05) is 27.7 Å². The van der Waals surface area contributed by atoms with Crippen LogP contribution < -0.4 is 5.32 Å². The zero-order chi connectivity index (χ0) is 8.43. The fraction of sp³-hybridized carbons (Fsp3) is 1.00. The van der Waals surface area contributed by atoms with Crippen molar-refractivity contribution in [2.75, 3.05) is 6.54 Å². The van der Waals surface area contributed by atoms with E-state index in [1.165, 1.54) is 13.0 Å². The van der Waals surface area contributed by atoms with Gasteiger partial charge in [0.15, 0.2) is 0 Å². The number of rotatable bonds is 4. The first kappa shape index (κ1) is 9.05. The van der Waals surface area contributed by atoms with Gasteiger partial charge in [0, 0.05) is 12.6 Å². The summed E-state index contributed by atoms with van der Waals surface area (Å²) in [4.78, 5) is 0. The molecule has 1 aliphatic heterocycles. The normalized spacial score (nSPS) is 28.6. The van der Waals surface area contributed by atoms with Crippen LogP contribution in [0.4, 0.5) is 0 Å². The molecule has 0 spiro atoms. The monoisotopic (exact) mass is 155 g/mol. The van der Waals surface area contributed by atoms with Crippen molar-refractivity contribution in [2.24, 2.45) is 17.8 Å². The second-order valence-corrected chi connectivity index (χ2v) is 4.42. The molecule has 1 saturated heterocycles. The van der Waals surface area contributed by atoms with Crippen LogP contribution in [0.15, 0.2) is 0 Å². The lowest BCUT2D eigenvalue weighted by Gasteiger charge is -2.22. The van der Waals surface area contributed by atoms with Gasteiger partial charge >= 0.3 is 0 Å². The van der Waals surface area contributed by atoms with Crippen molar-refractivity contribution in [1.82, 2.24) is 5.32 Å². The molecular weight excluding hydrogens is 134 g/mol. The molecule has 0 bridgehead atoms. The highest BCUT2D eigenvalue weighted by Crippen LogP contribution is 2.25. The SMILES string of the molecule is CC(C)C(C)C(C)CC1CN1. The molecule has 1 aliphatic rings. The Kier molecular flexibility index (Phi) is 2.94. The summed E-state index contributed by atoms with van der Waals surface area (Å²) < 4.78 is 0. The summed E-state index contributed by atoms with van der Waals surface area (Å²) in [5.74, 6) is 2.59. The van der Waals surface area contributed by atoms with E-state index >= 15 is 0 Å². The van der Waals surface area contributed by atoms with Gasteiger partial charge in [-0.05, 0) is 24.2 Å².